The third-order valence-corrected chi connectivity index (χ3v) is 4.31. The second kappa shape index (κ2) is 8.81. The third-order valence-electron chi connectivity index (χ3n) is 3.68. The first-order chi connectivity index (χ1) is 13.4. The summed E-state index contributed by atoms with van der Waals surface area (Å²) in [7, 11) is 0. The van der Waals surface area contributed by atoms with Crippen molar-refractivity contribution < 1.29 is 14.0 Å². The summed E-state index contributed by atoms with van der Waals surface area (Å²) < 4.78 is 5.62. The van der Waals surface area contributed by atoms with Gasteiger partial charge >= 0.3 is 0 Å². The number of anilines is 2. The fourth-order valence-electron chi connectivity index (χ4n) is 2.43. The first-order valence-electron chi connectivity index (χ1n) is 8.26. The SMILES string of the molecule is Cc1cccc(NC(=O)c2cccc(NC(=S)NC(=O)c3ccc(Br)o3)c2)c1. The number of carbonyl (C=O) groups is 2. The van der Waals surface area contributed by atoms with Gasteiger partial charge in [-0.3, -0.25) is 14.9 Å². The molecule has 0 bridgehead atoms. The average molecular weight is 458 g/mol. The molecule has 0 atom stereocenters. The summed E-state index contributed by atoms with van der Waals surface area (Å²) in [5.41, 5.74) is 2.80. The zero-order chi connectivity index (χ0) is 20.1. The van der Waals surface area contributed by atoms with Gasteiger partial charge in [0.05, 0.1) is 0 Å². The number of hydrogen-bond donors (Lipinski definition) is 3. The number of furan rings is 1. The van der Waals surface area contributed by atoms with E-state index in [9.17, 15) is 9.59 Å². The second-order valence-corrected chi connectivity index (χ2v) is 7.11. The maximum absolute atomic E-state index is 12.5. The summed E-state index contributed by atoms with van der Waals surface area (Å²) >= 11 is 8.29. The van der Waals surface area contributed by atoms with Gasteiger partial charge in [0.2, 0.25) is 0 Å². The molecule has 0 aliphatic heterocycles. The zero-order valence-electron chi connectivity index (χ0n) is 14.8. The van der Waals surface area contributed by atoms with Crippen LogP contribution in [0, 0.1) is 6.92 Å². The van der Waals surface area contributed by atoms with E-state index in [0.717, 1.165) is 11.3 Å². The predicted molar refractivity (Wildman–Crippen MR) is 116 cm³/mol. The molecule has 2 amide bonds. The fourth-order valence-corrected chi connectivity index (χ4v) is 2.94. The number of rotatable bonds is 4. The molecule has 0 radical (unpaired) electrons. The summed E-state index contributed by atoms with van der Waals surface area (Å²) in [4.78, 5) is 24.5. The highest BCUT2D eigenvalue weighted by molar-refractivity contribution is 9.10. The Morgan fingerprint density at radius 2 is 1.64 bits per heavy atom. The molecule has 3 aromatic rings. The lowest BCUT2D eigenvalue weighted by atomic mass is 10.1. The van der Waals surface area contributed by atoms with Crippen LogP contribution in [-0.4, -0.2) is 16.9 Å². The van der Waals surface area contributed by atoms with E-state index >= 15 is 0 Å². The Hall–Kier alpha value is -2.97. The molecule has 0 saturated carbocycles. The van der Waals surface area contributed by atoms with Crippen LogP contribution in [0.15, 0.2) is 69.8 Å². The van der Waals surface area contributed by atoms with Crippen LogP contribution in [-0.2, 0) is 0 Å². The Balaban J connectivity index is 1.63. The van der Waals surface area contributed by atoms with Gasteiger partial charge in [-0.2, -0.15) is 0 Å². The van der Waals surface area contributed by atoms with E-state index < -0.39 is 5.91 Å². The standard InChI is InChI=1S/C20H16BrN3O3S/c1-12-4-2-6-14(10-12)22-18(25)13-5-3-7-15(11-13)23-20(28)24-19(26)16-8-9-17(21)27-16/h2-11H,1H3,(H,22,25)(H2,23,24,26,28). The van der Waals surface area contributed by atoms with Crippen molar-refractivity contribution in [1.82, 2.24) is 5.32 Å². The van der Waals surface area contributed by atoms with Gasteiger partial charge in [0.1, 0.15) is 0 Å². The summed E-state index contributed by atoms with van der Waals surface area (Å²) in [5, 5.41) is 8.34. The molecule has 1 heterocycles. The Morgan fingerprint density at radius 1 is 0.929 bits per heavy atom. The summed E-state index contributed by atoms with van der Waals surface area (Å²) in [6, 6.07) is 17.5. The molecule has 1 aromatic heterocycles. The van der Waals surface area contributed by atoms with Gasteiger partial charge in [-0.1, -0.05) is 18.2 Å². The van der Waals surface area contributed by atoms with Gasteiger partial charge in [-0.25, -0.2) is 0 Å². The monoisotopic (exact) mass is 457 g/mol. The zero-order valence-corrected chi connectivity index (χ0v) is 17.2. The number of benzene rings is 2. The van der Waals surface area contributed by atoms with Gasteiger partial charge in [-0.05, 0) is 83.1 Å². The van der Waals surface area contributed by atoms with Crippen molar-refractivity contribution in [3.8, 4) is 0 Å². The smallest absolute Gasteiger partial charge is 0.293 e. The van der Waals surface area contributed by atoms with Gasteiger partial charge < -0.3 is 15.1 Å². The molecule has 3 rings (SSSR count). The van der Waals surface area contributed by atoms with Crippen molar-refractivity contribution >= 4 is 56.4 Å². The van der Waals surface area contributed by atoms with Crippen LogP contribution in [0.3, 0.4) is 0 Å². The molecule has 0 spiro atoms. The molecule has 28 heavy (non-hydrogen) atoms. The molecule has 3 N–H and O–H groups in total. The highest BCUT2D eigenvalue weighted by Gasteiger charge is 2.13. The fraction of sp³-hybridized carbons (Fsp3) is 0.0500. The number of amides is 2. The molecule has 0 unspecified atom stereocenters. The van der Waals surface area contributed by atoms with Crippen LogP contribution in [0.5, 0.6) is 0 Å². The molecule has 0 aliphatic rings. The van der Waals surface area contributed by atoms with Crippen molar-refractivity contribution in [2.45, 2.75) is 6.92 Å². The third kappa shape index (κ3) is 5.28. The summed E-state index contributed by atoms with van der Waals surface area (Å²) in [5.74, 6) is -0.594. The van der Waals surface area contributed by atoms with Crippen LogP contribution in [0.4, 0.5) is 11.4 Å². The predicted octanol–water partition coefficient (Wildman–Crippen LogP) is 4.73. The number of thiocarbonyl (C=S) groups is 1. The highest BCUT2D eigenvalue weighted by atomic mass is 79.9. The quantitative estimate of drug-likeness (QED) is 0.493. The van der Waals surface area contributed by atoms with Crippen molar-refractivity contribution in [2.75, 3.05) is 10.6 Å². The number of hydrogen-bond acceptors (Lipinski definition) is 4. The summed E-state index contributed by atoms with van der Waals surface area (Å²) in [6.45, 7) is 1.96. The van der Waals surface area contributed by atoms with E-state index in [1.807, 2.05) is 31.2 Å². The Bertz CT molecular complexity index is 1050. The summed E-state index contributed by atoms with van der Waals surface area (Å²) in [6.07, 6.45) is 0. The molecular formula is C20H16BrN3O3S. The van der Waals surface area contributed by atoms with Crippen LogP contribution in [0.2, 0.25) is 0 Å². The molecule has 142 valence electrons. The molecule has 2 aromatic carbocycles. The van der Waals surface area contributed by atoms with Gasteiger partial charge in [0.25, 0.3) is 11.8 Å². The van der Waals surface area contributed by atoms with Crippen LogP contribution >= 0.6 is 28.1 Å². The molecule has 0 fully saturated rings. The maximum Gasteiger partial charge on any atom is 0.293 e. The van der Waals surface area contributed by atoms with E-state index in [1.54, 1.807) is 30.3 Å². The second-order valence-electron chi connectivity index (χ2n) is 5.92. The van der Waals surface area contributed by atoms with Crippen molar-refractivity contribution in [3.63, 3.8) is 0 Å². The minimum absolute atomic E-state index is 0.0914. The number of aryl methyl sites for hydroxylation is 1. The molecule has 0 aliphatic carbocycles. The van der Waals surface area contributed by atoms with E-state index in [2.05, 4.69) is 31.9 Å². The molecular weight excluding hydrogens is 442 g/mol. The minimum Gasteiger partial charge on any atom is -0.444 e. The highest BCUT2D eigenvalue weighted by Crippen LogP contribution is 2.16. The topological polar surface area (TPSA) is 83.4 Å². The molecule has 8 heteroatoms. The van der Waals surface area contributed by atoms with Crippen LogP contribution in [0.25, 0.3) is 0 Å². The van der Waals surface area contributed by atoms with Crippen molar-refractivity contribution in [3.05, 3.63) is 82.2 Å². The Kier molecular flexibility index (Phi) is 6.23. The number of halogens is 1. The number of nitrogens with one attached hydrogen (secondary N) is 3. The molecule has 0 saturated heterocycles. The van der Waals surface area contributed by atoms with Gasteiger partial charge in [-0.15, -0.1) is 0 Å². The van der Waals surface area contributed by atoms with Crippen molar-refractivity contribution in [2.24, 2.45) is 0 Å². The average Bonchev–Trinajstić information content (AvgIpc) is 3.08. The van der Waals surface area contributed by atoms with Gasteiger partial charge in [0, 0.05) is 16.9 Å². The minimum atomic E-state index is -0.475. The van der Waals surface area contributed by atoms with E-state index in [4.69, 9.17) is 16.6 Å². The lowest BCUT2D eigenvalue weighted by Crippen LogP contribution is -2.33. The van der Waals surface area contributed by atoms with Crippen LogP contribution < -0.4 is 16.0 Å². The molecule has 6 nitrogen and oxygen atoms in total. The normalized spacial score (nSPS) is 10.2. The Labute approximate surface area is 175 Å². The lowest BCUT2D eigenvalue weighted by Gasteiger charge is -2.10. The maximum atomic E-state index is 12.5. The number of carbonyl (C=O) groups excluding carboxylic acids is 2. The van der Waals surface area contributed by atoms with E-state index in [-0.39, 0.29) is 16.8 Å². The first kappa shape index (κ1) is 19.8. The van der Waals surface area contributed by atoms with E-state index in [1.165, 1.54) is 6.07 Å². The first-order valence-corrected chi connectivity index (χ1v) is 9.46. The van der Waals surface area contributed by atoms with Crippen LogP contribution in [0.1, 0.15) is 26.5 Å². The van der Waals surface area contributed by atoms with Crippen molar-refractivity contribution in [1.29, 1.82) is 0 Å². The largest absolute Gasteiger partial charge is 0.444 e. The van der Waals surface area contributed by atoms with Gasteiger partial charge in [0.15, 0.2) is 15.5 Å². The Morgan fingerprint density at radius 3 is 2.32 bits per heavy atom. The van der Waals surface area contributed by atoms with E-state index in [0.29, 0.717) is 15.9 Å². The lowest BCUT2D eigenvalue weighted by molar-refractivity contribution is 0.0948.